The fourth-order valence-corrected chi connectivity index (χ4v) is 4.05. The molecule has 2 aliphatic carbocycles. The van der Waals surface area contributed by atoms with E-state index >= 15 is 0 Å². The normalized spacial score (nSPS) is 18.5. The minimum atomic E-state index is 0.254. The van der Waals surface area contributed by atoms with Crippen LogP contribution < -0.4 is 25.3 Å². The lowest BCUT2D eigenvalue weighted by molar-refractivity contribution is 0.264. The summed E-state index contributed by atoms with van der Waals surface area (Å²) in [6.45, 7) is 0.498. The van der Waals surface area contributed by atoms with Crippen molar-refractivity contribution in [3.8, 4) is 17.2 Å². The molecule has 5 nitrogen and oxygen atoms in total. The van der Waals surface area contributed by atoms with Crippen molar-refractivity contribution in [2.24, 2.45) is 5.73 Å². The number of nitrogens with two attached hydrogens (primary N) is 1. The van der Waals surface area contributed by atoms with Crippen LogP contribution >= 0.6 is 0 Å². The van der Waals surface area contributed by atoms with Crippen molar-refractivity contribution in [2.75, 3.05) is 21.0 Å². The molecule has 0 aliphatic heterocycles. The number of rotatable bonds is 6. The Bertz CT molecular complexity index is 773. The molecule has 0 aromatic heterocycles. The molecule has 1 unspecified atom stereocenters. The monoisotopic (exact) mass is 354 g/mol. The smallest absolute Gasteiger partial charge is 0.161 e. The lowest BCUT2D eigenvalue weighted by Crippen LogP contribution is -2.32. The Morgan fingerprint density at radius 2 is 1.50 bits per heavy atom. The van der Waals surface area contributed by atoms with Gasteiger partial charge in [-0.25, -0.2) is 0 Å². The fourth-order valence-electron chi connectivity index (χ4n) is 4.05. The van der Waals surface area contributed by atoms with E-state index in [0.717, 1.165) is 42.9 Å². The Hall–Kier alpha value is -2.24. The third-order valence-electron chi connectivity index (χ3n) is 5.39. The van der Waals surface area contributed by atoms with Crippen LogP contribution in [0.25, 0.3) is 0 Å². The highest BCUT2D eigenvalue weighted by atomic mass is 16.5. The predicted molar refractivity (Wildman–Crippen MR) is 101 cm³/mol. The number of hydrogen-bond donors (Lipinski definition) is 2. The summed E-state index contributed by atoms with van der Waals surface area (Å²) < 4.78 is 16.7. The van der Waals surface area contributed by atoms with Crippen LogP contribution in [0.3, 0.4) is 0 Å². The van der Waals surface area contributed by atoms with Crippen LogP contribution in [0.2, 0.25) is 0 Å². The molecule has 0 saturated carbocycles. The summed E-state index contributed by atoms with van der Waals surface area (Å²) in [5.41, 5.74) is 11.3. The average molecular weight is 354 g/mol. The minimum absolute atomic E-state index is 0.254. The van der Waals surface area contributed by atoms with Gasteiger partial charge in [0.2, 0.25) is 0 Å². The van der Waals surface area contributed by atoms with Crippen molar-refractivity contribution in [1.29, 1.82) is 0 Å². The summed E-state index contributed by atoms with van der Waals surface area (Å²) in [5.74, 6) is 2.49. The SMILES string of the molecule is COc1cc2c(cc1OC)CC(NCOc1ccc3c(c1)CC(N)C3)C2. The molecule has 4 rings (SSSR count). The maximum Gasteiger partial charge on any atom is 0.161 e. The first-order valence-corrected chi connectivity index (χ1v) is 9.13. The lowest BCUT2D eigenvalue weighted by atomic mass is 10.1. The van der Waals surface area contributed by atoms with Crippen LogP contribution in [-0.2, 0) is 25.7 Å². The van der Waals surface area contributed by atoms with E-state index in [4.69, 9.17) is 19.9 Å². The predicted octanol–water partition coefficient (Wildman–Crippen LogP) is 2.22. The van der Waals surface area contributed by atoms with E-state index in [9.17, 15) is 0 Å². The van der Waals surface area contributed by atoms with Crippen molar-refractivity contribution in [3.63, 3.8) is 0 Å². The van der Waals surface area contributed by atoms with Gasteiger partial charge in [-0.1, -0.05) is 6.07 Å². The summed E-state index contributed by atoms with van der Waals surface area (Å²) in [6.07, 6.45) is 3.86. The largest absolute Gasteiger partial charge is 0.493 e. The van der Waals surface area contributed by atoms with E-state index < -0.39 is 0 Å². The van der Waals surface area contributed by atoms with Gasteiger partial charge in [0.1, 0.15) is 12.5 Å². The Labute approximate surface area is 154 Å². The topological polar surface area (TPSA) is 65.7 Å². The molecule has 138 valence electrons. The molecule has 2 aromatic carbocycles. The van der Waals surface area contributed by atoms with Crippen molar-refractivity contribution in [1.82, 2.24) is 5.32 Å². The highest BCUT2D eigenvalue weighted by Crippen LogP contribution is 2.34. The summed E-state index contributed by atoms with van der Waals surface area (Å²) in [4.78, 5) is 0. The van der Waals surface area contributed by atoms with E-state index in [1.165, 1.54) is 22.3 Å². The van der Waals surface area contributed by atoms with E-state index in [1.807, 2.05) is 6.07 Å². The summed E-state index contributed by atoms with van der Waals surface area (Å²) in [5, 5.41) is 3.50. The van der Waals surface area contributed by atoms with E-state index in [2.05, 4.69) is 29.6 Å². The first kappa shape index (κ1) is 17.2. The van der Waals surface area contributed by atoms with Gasteiger partial charge in [-0.3, -0.25) is 5.32 Å². The number of fused-ring (bicyclic) bond motifs is 2. The first-order valence-electron chi connectivity index (χ1n) is 9.13. The maximum absolute atomic E-state index is 6.03. The second kappa shape index (κ2) is 7.17. The first-order chi connectivity index (χ1) is 12.7. The zero-order chi connectivity index (χ0) is 18.1. The number of hydrogen-bond acceptors (Lipinski definition) is 5. The van der Waals surface area contributed by atoms with Gasteiger partial charge >= 0.3 is 0 Å². The number of nitrogens with one attached hydrogen (secondary N) is 1. The second-order valence-corrected chi connectivity index (χ2v) is 7.17. The number of methoxy groups -OCH3 is 2. The van der Waals surface area contributed by atoms with Crippen molar-refractivity contribution in [2.45, 2.75) is 37.8 Å². The van der Waals surface area contributed by atoms with Gasteiger partial charge in [0.05, 0.1) is 14.2 Å². The van der Waals surface area contributed by atoms with Crippen LogP contribution in [0.4, 0.5) is 0 Å². The maximum atomic E-state index is 6.03. The van der Waals surface area contributed by atoms with Gasteiger partial charge in [0, 0.05) is 12.1 Å². The van der Waals surface area contributed by atoms with Crippen LogP contribution in [0.5, 0.6) is 17.2 Å². The van der Waals surface area contributed by atoms with Gasteiger partial charge in [0.15, 0.2) is 11.5 Å². The van der Waals surface area contributed by atoms with E-state index in [0.29, 0.717) is 12.8 Å². The zero-order valence-corrected chi connectivity index (χ0v) is 15.4. The molecule has 3 N–H and O–H groups in total. The van der Waals surface area contributed by atoms with E-state index in [-0.39, 0.29) is 6.04 Å². The van der Waals surface area contributed by atoms with Gasteiger partial charge in [-0.05, 0) is 72.2 Å². The third-order valence-corrected chi connectivity index (χ3v) is 5.39. The molecule has 5 heteroatoms. The standard InChI is InChI=1S/C21H26N2O3/c1-24-20-10-15-7-18(8-16(15)11-21(20)25-2)23-12-26-19-4-3-13-5-17(22)6-14(13)9-19/h3-4,9-11,17-18,23H,5-8,12,22H2,1-2H3. The molecule has 0 heterocycles. The highest BCUT2D eigenvalue weighted by molar-refractivity contribution is 5.49. The molecule has 0 fully saturated rings. The Morgan fingerprint density at radius 3 is 2.15 bits per heavy atom. The molecule has 0 saturated heterocycles. The molecule has 26 heavy (non-hydrogen) atoms. The van der Waals surface area contributed by atoms with Crippen molar-refractivity contribution < 1.29 is 14.2 Å². The lowest BCUT2D eigenvalue weighted by Gasteiger charge is -2.13. The molecule has 2 aliphatic rings. The molecule has 0 amide bonds. The summed E-state index contributed by atoms with van der Waals surface area (Å²) >= 11 is 0. The average Bonchev–Trinajstić information content (AvgIpc) is 3.21. The fraction of sp³-hybridized carbons (Fsp3) is 0.429. The zero-order valence-electron chi connectivity index (χ0n) is 15.4. The molecular formula is C21H26N2O3. The van der Waals surface area contributed by atoms with Crippen LogP contribution in [0.1, 0.15) is 22.3 Å². The molecule has 0 bridgehead atoms. The molecule has 0 spiro atoms. The molecule has 2 aromatic rings. The molecule has 1 atom stereocenters. The van der Waals surface area contributed by atoms with Gasteiger partial charge in [-0.2, -0.15) is 0 Å². The van der Waals surface area contributed by atoms with Gasteiger partial charge in [0.25, 0.3) is 0 Å². The van der Waals surface area contributed by atoms with Crippen LogP contribution in [0, 0.1) is 0 Å². The minimum Gasteiger partial charge on any atom is -0.493 e. The summed E-state index contributed by atoms with van der Waals surface area (Å²) in [6, 6.07) is 11.1. The number of benzene rings is 2. The van der Waals surface area contributed by atoms with Crippen molar-refractivity contribution >= 4 is 0 Å². The van der Waals surface area contributed by atoms with Crippen molar-refractivity contribution in [3.05, 3.63) is 52.6 Å². The number of ether oxygens (including phenoxy) is 3. The molecule has 0 radical (unpaired) electrons. The van der Waals surface area contributed by atoms with E-state index in [1.54, 1.807) is 14.2 Å². The van der Waals surface area contributed by atoms with Crippen LogP contribution in [-0.4, -0.2) is 33.0 Å². The second-order valence-electron chi connectivity index (χ2n) is 7.17. The Balaban J connectivity index is 1.33. The third kappa shape index (κ3) is 3.37. The quantitative estimate of drug-likeness (QED) is 0.779. The van der Waals surface area contributed by atoms with Gasteiger partial charge in [-0.15, -0.1) is 0 Å². The Morgan fingerprint density at radius 1 is 0.885 bits per heavy atom. The molecular weight excluding hydrogens is 328 g/mol. The summed E-state index contributed by atoms with van der Waals surface area (Å²) in [7, 11) is 3.35. The van der Waals surface area contributed by atoms with Gasteiger partial charge < -0.3 is 19.9 Å². The highest BCUT2D eigenvalue weighted by Gasteiger charge is 2.24. The Kier molecular flexibility index (Phi) is 4.74. The van der Waals surface area contributed by atoms with Crippen LogP contribution in [0.15, 0.2) is 30.3 Å².